The molecule has 0 radical (unpaired) electrons. The first-order chi connectivity index (χ1) is 10.1. The zero-order chi connectivity index (χ0) is 15.2. The van der Waals surface area contributed by atoms with E-state index in [1.807, 2.05) is 0 Å². The van der Waals surface area contributed by atoms with Crippen molar-refractivity contribution < 1.29 is 9.59 Å². The van der Waals surface area contributed by atoms with E-state index in [1.165, 1.54) is 18.9 Å². The molecule has 2 amide bonds. The maximum atomic E-state index is 12.2. The summed E-state index contributed by atoms with van der Waals surface area (Å²) in [5.41, 5.74) is 6.06. The quantitative estimate of drug-likeness (QED) is 0.831. The molecule has 1 saturated heterocycles. The second-order valence-electron chi connectivity index (χ2n) is 5.46. The minimum Gasteiger partial charge on any atom is -0.366 e. The van der Waals surface area contributed by atoms with Gasteiger partial charge in [-0.15, -0.1) is 0 Å². The van der Waals surface area contributed by atoms with Crippen molar-refractivity contribution in [2.45, 2.75) is 32.2 Å². The third-order valence-corrected chi connectivity index (χ3v) is 4.04. The first-order valence-electron chi connectivity index (χ1n) is 7.54. The highest BCUT2D eigenvalue weighted by Gasteiger charge is 2.21. The van der Waals surface area contributed by atoms with Crippen LogP contribution < -0.4 is 11.1 Å². The van der Waals surface area contributed by atoms with E-state index in [2.05, 4.69) is 17.1 Å². The van der Waals surface area contributed by atoms with E-state index in [0.717, 1.165) is 19.5 Å². The summed E-state index contributed by atoms with van der Waals surface area (Å²) in [5, 5.41) is 2.96. The number of primary amides is 1. The molecule has 1 aliphatic rings. The lowest BCUT2D eigenvalue weighted by atomic mass is 10.1. The number of carbonyl (C=O) groups excluding carboxylic acids is 2. The van der Waals surface area contributed by atoms with Gasteiger partial charge in [0.2, 0.25) is 5.91 Å². The number of benzene rings is 1. The van der Waals surface area contributed by atoms with Gasteiger partial charge in [0.1, 0.15) is 0 Å². The number of hydrogen-bond donors (Lipinski definition) is 2. The molecule has 21 heavy (non-hydrogen) atoms. The van der Waals surface area contributed by atoms with Crippen LogP contribution in [0.1, 0.15) is 46.9 Å². The van der Waals surface area contributed by atoms with Crippen molar-refractivity contribution in [3.63, 3.8) is 0 Å². The van der Waals surface area contributed by atoms with E-state index in [9.17, 15) is 9.59 Å². The number of amides is 2. The summed E-state index contributed by atoms with van der Waals surface area (Å²) in [6.45, 7) is 5.01. The molecule has 114 valence electrons. The molecular weight excluding hydrogens is 266 g/mol. The monoisotopic (exact) mass is 289 g/mol. The van der Waals surface area contributed by atoms with Gasteiger partial charge in [0.05, 0.1) is 0 Å². The molecule has 2 rings (SSSR count). The Bertz CT molecular complexity index is 510. The highest BCUT2D eigenvalue weighted by Crippen LogP contribution is 2.13. The van der Waals surface area contributed by atoms with E-state index in [-0.39, 0.29) is 5.91 Å². The minimum absolute atomic E-state index is 0.157. The van der Waals surface area contributed by atoms with Gasteiger partial charge < -0.3 is 11.1 Å². The Morgan fingerprint density at radius 1 is 1.29 bits per heavy atom. The van der Waals surface area contributed by atoms with Crippen molar-refractivity contribution in [3.05, 3.63) is 35.4 Å². The molecule has 3 N–H and O–H groups in total. The van der Waals surface area contributed by atoms with Crippen molar-refractivity contribution in [3.8, 4) is 0 Å². The normalized spacial score (nSPS) is 16.6. The zero-order valence-electron chi connectivity index (χ0n) is 12.5. The van der Waals surface area contributed by atoms with Crippen LogP contribution in [0.5, 0.6) is 0 Å². The summed E-state index contributed by atoms with van der Waals surface area (Å²) in [4.78, 5) is 25.7. The lowest BCUT2D eigenvalue weighted by Crippen LogP contribution is -2.42. The fourth-order valence-corrected chi connectivity index (χ4v) is 2.76. The number of nitrogens with one attached hydrogen (secondary N) is 1. The Morgan fingerprint density at radius 2 is 1.95 bits per heavy atom. The van der Waals surface area contributed by atoms with Gasteiger partial charge in [0.25, 0.3) is 5.91 Å². The minimum atomic E-state index is -0.520. The first-order valence-corrected chi connectivity index (χ1v) is 7.54. The zero-order valence-corrected chi connectivity index (χ0v) is 12.5. The Balaban J connectivity index is 1.94. The van der Waals surface area contributed by atoms with Crippen LogP contribution >= 0.6 is 0 Å². The summed E-state index contributed by atoms with van der Waals surface area (Å²) in [7, 11) is 0. The molecule has 1 aromatic rings. The molecule has 5 heteroatoms. The second-order valence-corrected chi connectivity index (χ2v) is 5.46. The van der Waals surface area contributed by atoms with Gasteiger partial charge in [-0.05, 0) is 50.6 Å². The molecule has 1 fully saturated rings. The fraction of sp³-hybridized carbons (Fsp3) is 0.500. The van der Waals surface area contributed by atoms with Crippen molar-refractivity contribution in [2.75, 3.05) is 19.6 Å². The van der Waals surface area contributed by atoms with Crippen LogP contribution in [0.4, 0.5) is 0 Å². The highest BCUT2D eigenvalue weighted by atomic mass is 16.2. The molecule has 0 saturated carbocycles. The highest BCUT2D eigenvalue weighted by molar-refractivity contribution is 5.99. The molecule has 1 atom stereocenters. The average Bonchev–Trinajstić information content (AvgIpc) is 3.02. The van der Waals surface area contributed by atoms with Crippen LogP contribution in [-0.4, -0.2) is 42.4 Å². The van der Waals surface area contributed by atoms with Crippen molar-refractivity contribution in [1.82, 2.24) is 10.2 Å². The molecule has 5 nitrogen and oxygen atoms in total. The molecule has 0 aliphatic carbocycles. The van der Waals surface area contributed by atoms with Gasteiger partial charge in [-0.2, -0.15) is 0 Å². The molecule has 0 spiro atoms. The molecule has 1 unspecified atom stereocenters. The average molecular weight is 289 g/mol. The van der Waals surface area contributed by atoms with Crippen molar-refractivity contribution in [2.24, 2.45) is 5.73 Å². The van der Waals surface area contributed by atoms with Crippen LogP contribution in [0.15, 0.2) is 24.3 Å². The van der Waals surface area contributed by atoms with Crippen molar-refractivity contribution >= 4 is 11.8 Å². The van der Waals surface area contributed by atoms with E-state index >= 15 is 0 Å². The third-order valence-electron chi connectivity index (χ3n) is 4.04. The predicted molar refractivity (Wildman–Crippen MR) is 82.2 cm³/mol. The molecule has 1 aromatic carbocycles. The van der Waals surface area contributed by atoms with Crippen LogP contribution in [0, 0.1) is 0 Å². The molecule has 0 bridgehead atoms. The topological polar surface area (TPSA) is 75.4 Å². The third kappa shape index (κ3) is 4.04. The van der Waals surface area contributed by atoms with Crippen LogP contribution in [0.2, 0.25) is 0 Å². The van der Waals surface area contributed by atoms with Crippen LogP contribution in [0.3, 0.4) is 0 Å². The van der Waals surface area contributed by atoms with Gasteiger partial charge in [0.15, 0.2) is 0 Å². The molecule has 1 aliphatic heterocycles. The van der Waals surface area contributed by atoms with Gasteiger partial charge in [-0.25, -0.2) is 0 Å². The van der Waals surface area contributed by atoms with Crippen LogP contribution in [-0.2, 0) is 0 Å². The van der Waals surface area contributed by atoms with Crippen LogP contribution in [0.25, 0.3) is 0 Å². The maximum absolute atomic E-state index is 12.2. The molecule has 1 heterocycles. The summed E-state index contributed by atoms with van der Waals surface area (Å²) in [6.07, 6.45) is 3.50. The molecular formula is C16H23N3O2. The van der Waals surface area contributed by atoms with E-state index < -0.39 is 5.91 Å². The summed E-state index contributed by atoms with van der Waals surface area (Å²) >= 11 is 0. The number of likely N-dealkylation sites (tertiary alicyclic amines) is 1. The smallest absolute Gasteiger partial charge is 0.251 e. The van der Waals surface area contributed by atoms with E-state index in [4.69, 9.17) is 5.73 Å². The lowest BCUT2D eigenvalue weighted by molar-refractivity contribution is 0.0937. The predicted octanol–water partition coefficient (Wildman–Crippen LogP) is 1.39. The Labute approximate surface area is 125 Å². The van der Waals surface area contributed by atoms with Gasteiger partial charge in [-0.3, -0.25) is 14.5 Å². The number of nitrogens with zero attached hydrogens (tertiary/aromatic N) is 1. The standard InChI is InChI=1S/C16H23N3O2/c1-2-14(19-8-3-4-9-19)11-18-16(21)13-7-5-6-12(10-13)15(17)20/h5-7,10,14H,2-4,8-9,11H2,1H3,(H2,17,20)(H,18,21). The van der Waals surface area contributed by atoms with E-state index in [0.29, 0.717) is 23.7 Å². The number of carbonyl (C=O) groups is 2. The van der Waals surface area contributed by atoms with Gasteiger partial charge in [0, 0.05) is 23.7 Å². The molecule has 0 aromatic heterocycles. The van der Waals surface area contributed by atoms with Gasteiger partial charge >= 0.3 is 0 Å². The Hall–Kier alpha value is -1.88. The maximum Gasteiger partial charge on any atom is 0.251 e. The number of nitrogens with two attached hydrogens (primary N) is 1. The summed E-state index contributed by atoms with van der Waals surface area (Å²) < 4.78 is 0. The largest absolute Gasteiger partial charge is 0.366 e. The number of rotatable bonds is 6. The Kier molecular flexibility index (Phi) is 5.33. The van der Waals surface area contributed by atoms with E-state index in [1.54, 1.807) is 18.2 Å². The fourth-order valence-electron chi connectivity index (χ4n) is 2.76. The lowest BCUT2D eigenvalue weighted by Gasteiger charge is -2.26. The Morgan fingerprint density at radius 3 is 2.57 bits per heavy atom. The SMILES string of the molecule is CCC(CNC(=O)c1cccc(C(N)=O)c1)N1CCCC1. The summed E-state index contributed by atoms with van der Waals surface area (Å²) in [6, 6.07) is 6.90. The summed E-state index contributed by atoms with van der Waals surface area (Å²) in [5.74, 6) is -0.677. The first kappa shape index (κ1) is 15.5. The van der Waals surface area contributed by atoms with Crippen molar-refractivity contribution in [1.29, 1.82) is 0 Å². The second kappa shape index (κ2) is 7.22. The van der Waals surface area contributed by atoms with Gasteiger partial charge in [-0.1, -0.05) is 13.0 Å². The number of hydrogen-bond acceptors (Lipinski definition) is 3.